The third-order valence-corrected chi connectivity index (χ3v) is 7.78. The SMILES string of the molecule is COc1ccc(C(=O)NCc2ccc(CN3CCCC(C)C3)cc2)cc1S(=O)(=O)NC1CC1. The number of hydrogen-bond donors (Lipinski definition) is 2. The van der Waals surface area contributed by atoms with Gasteiger partial charge < -0.3 is 10.1 Å². The number of rotatable bonds is 9. The standard InChI is InChI=1S/C25H33N3O4S/c1-18-4-3-13-28(16-18)17-20-7-5-19(6-8-20)15-26-25(29)21-9-12-23(32-2)24(14-21)33(30,31)27-22-10-11-22/h5-9,12,14,18,22,27H,3-4,10-11,13,15-17H2,1-2H3,(H,26,29). The molecule has 2 aromatic rings. The van der Waals surface area contributed by atoms with Crippen molar-refractivity contribution in [2.24, 2.45) is 5.92 Å². The third kappa shape index (κ3) is 6.34. The minimum Gasteiger partial charge on any atom is -0.495 e. The van der Waals surface area contributed by atoms with E-state index in [4.69, 9.17) is 4.74 Å². The summed E-state index contributed by atoms with van der Waals surface area (Å²) in [5.41, 5.74) is 2.55. The third-order valence-electron chi connectivity index (χ3n) is 6.24. The highest BCUT2D eigenvalue weighted by molar-refractivity contribution is 7.89. The van der Waals surface area contributed by atoms with Crippen LogP contribution in [0.4, 0.5) is 0 Å². The Morgan fingerprint density at radius 1 is 1.09 bits per heavy atom. The fourth-order valence-electron chi connectivity index (χ4n) is 4.25. The molecular weight excluding hydrogens is 438 g/mol. The van der Waals surface area contributed by atoms with Gasteiger partial charge in [0, 0.05) is 31.2 Å². The molecule has 1 heterocycles. The number of methoxy groups -OCH3 is 1. The van der Waals surface area contributed by atoms with Crippen molar-refractivity contribution in [3.05, 3.63) is 59.2 Å². The second-order valence-corrected chi connectivity index (χ2v) is 10.9. The maximum atomic E-state index is 12.7. The summed E-state index contributed by atoms with van der Waals surface area (Å²) in [6, 6.07) is 12.7. The van der Waals surface area contributed by atoms with Gasteiger partial charge in [-0.2, -0.15) is 0 Å². The summed E-state index contributed by atoms with van der Waals surface area (Å²) < 4.78 is 33.2. The Labute approximate surface area is 196 Å². The number of hydrogen-bond acceptors (Lipinski definition) is 5. The smallest absolute Gasteiger partial charge is 0.251 e. The Morgan fingerprint density at radius 2 is 1.82 bits per heavy atom. The number of amides is 1. The molecule has 4 rings (SSSR count). The van der Waals surface area contributed by atoms with Gasteiger partial charge in [-0.3, -0.25) is 9.69 Å². The molecule has 2 aliphatic rings. The van der Waals surface area contributed by atoms with Crippen molar-refractivity contribution >= 4 is 15.9 Å². The highest BCUT2D eigenvalue weighted by Crippen LogP contribution is 2.28. The molecule has 178 valence electrons. The zero-order valence-corrected chi connectivity index (χ0v) is 20.2. The molecule has 0 radical (unpaired) electrons. The number of nitrogens with one attached hydrogen (secondary N) is 2. The van der Waals surface area contributed by atoms with E-state index in [0.29, 0.717) is 6.54 Å². The Kier molecular flexibility index (Phi) is 7.36. The first-order valence-electron chi connectivity index (χ1n) is 11.6. The van der Waals surface area contributed by atoms with Crippen LogP contribution < -0.4 is 14.8 Å². The van der Waals surface area contributed by atoms with Gasteiger partial charge in [0.25, 0.3) is 5.91 Å². The minimum absolute atomic E-state index is 0.0130. The van der Waals surface area contributed by atoms with Crippen LogP contribution in [0.15, 0.2) is 47.4 Å². The van der Waals surface area contributed by atoms with Crippen LogP contribution in [-0.4, -0.2) is 45.5 Å². The maximum Gasteiger partial charge on any atom is 0.251 e. The molecule has 33 heavy (non-hydrogen) atoms. The van der Waals surface area contributed by atoms with Crippen molar-refractivity contribution in [1.29, 1.82) is 0 Å². The maximum absolute atomic E-state index is 12.7. The quantitative estimate of drug-likeness (QED) is 0.586. The zero-order chi connectivity index (χ0) is 23.4. The van der Waals surface area contributed by atoms with Gasteiger partial charge >= 0.3 is 0 Å². The monoisotopic (exact) mass is 471 g/mol. The van der Waals surface area contributed by atoms with Crippen molar-refractivity contribution in [2.45, 2.75) is 56.6 Å². The molecule has 1 amide bonds. The van der Waals surface area contributed by atoms with Crippen LogP contribution in [0.25, 0.3) is 0 Å². The topological polar surface area (TPSA) is 87.7 Å². The van der Waals surface area contributed by atoms with Gasteiger partial charge in [-0.15, -0.1) is 0 Å². The molecule has 1 saturated carbocycles. The number of carbonyl (C=O) groups excluding carboxylic acids is 1. The molecule has 0 spiro atoms. The molecule has 7 nitrogen and oxygen atoms in total. The largest absolute Gasteiger partial charge is 0.495 e. The molecule has 2 fully saturated rings. The highest BCUT2D eigenvalue weighted by Gasteiger charge is 2.30. The van der Waals surface area contributed by atoms with Crippen LogP contribution in [0.1, 0.15) is 54.1 Å². The number of carbonyl (C=O) groups is 1. The predicted octanol–water partition coefficient (Wildman–Crippen LogP) is 3.30. The van der Waals surface area contributed by atoms with E-state index in [1.807, 2.05) is 12.1 Å². The number of sulfonamides is 1. The predicted molar refractivity (Wildman–Crippen MR) is 128 cm³/mol. The number of piperidine rings is 1. The van der Waals surface area contributed by atoms with Crippen molar-refractivity contribution in [1.82, 2.24) is 14.9 Å². The van der Waals surface area contributed by atoms with Crippen molar-refractivity contribution in [2.75, 3.05) is 20.2 Å². The normalized spacial score (nSPS) is 19.3. The lowest BCUT2D eigenvalue weighted by atomic mass is 9.99. The first-order valence-corrected chi connectivity index (χ1v) is 13.1. The summed E-state index contributed by atoms with van der Waals surface area (Å²) in [4.78, 5) is 15.2. The summed E-state index contributed by atoms with van der Waals surface area (Å²) >= 11 is 0. The molecule has 8 heteroatoms. The molecule has 1 aliphatic carbocycles. The number of nitrogens with zero attached hydrogens (tertiary/aromatic N) is 1. The van der Waals surface area contributed by atoms with E-state index >= 15 is 0 Å². The lowest BCUT2D eigenvalue weighted by Gasteiger charge is -2.30. The molecule has 1 unspecified atom stereocenters. The summed E-state index contributed by atoms with van der Waals surface area (Å²) in [5, 5.41) is 2.89. The van der Waals surface area contributed by atoms with Gasteiger partial charge in [-0.05, 0) is 67.5 Å². The summed E-state index contributed by atoms with van der Waals surface area (Å²) in [6.45, 7) is 5.93. The van der Waals surface area contributed by atoms with E-state index in [-0.39, 0.29) is 28.2 Å². The van der Waals surface area contributed by atoms with E-state index in [1.54, 1.807) is 6.07 Å². The Morgan fingerprint density at radius 3 is 2.48 bits per heavy atom. The van der Waals surface area contributed by atoms with E-state index < -0.39 is 10.0 Å². The Hall–Kier alpha value is -2.42. The van der Waals surface area contributed by atoms with E-state index in [9.17, 15) is 13.2 Å². The lowest BCUT2D eigenvalue weighted by molar-refractivity contribution is 0.0950. The van der Waals surface area contributed by atoms with Gasteiger partial charge in [0.05, 0.1) is 7.11 Å². The van der Waals surface area contributed by atoms with Crippen molar-refractivity contribution < 1.29 is 17.9 Å². The van der Waals surface area contributed by atoms with Gasteiger partial charge in [-0.25, -0.2) is 13.1 Å². The van der Waals surface area contributed by atoms with Crippen molar-refractivity contribution in [3.63, 3.8) is 0 Å². The van der Waals surface area contributed by atoms with Gasteiger partial charge in [0.1, 0.15) is 10.6 Å². The molecule has 2 aromatic carbocycles. The number of likely N-dealkylation sites (tertiary alicyclic amines) is 1. The van der Waals surface area contributed by atoms with Crippen LogP contribution in [0.3, 0.4) is 0 Å². The van der Waals surface area contributed by atoms with Crippen LogP contribution in [0.2, 0.25) is 0 Å². The molecule has 0 aromatic heterocycles. The fraction of sp³-hybridized carbons (Fsp3) is 0.480. The lowest BCUT2D eigenvalue weighted by Crippen LogP contribution is -2.33. The second kappa shape index (κ2) is 10.2. The van der Waals surface area contributed by atoms with Crippen LogP contribution in [-0.2, 0) is 23.1 Å². The molecule has 1 aliphatic heterocycles. The molecule has 2 N–H and O–H groups in total. The number of ether oxygens (including phenoxy) is 1. The van der Waals surface area contributed by atoms with Crippen LogP contribution in [0, 0.1) is 5.92 Å². The van der Waals surface area contributed by atoms with E-state index in [2.05, 4.69) is 34.0 Å². The van der Waals surface area contributed by atoms with Crippen LogP contribution in [0.5, 0.6) is 5.75 Å². The first kappa shape index (κ1) is 23.7. The van der Waals surface area contributed by atoms with Crippen LogP contribution >= 0.6 is 0 Å². The Bertz CT molecular complexity index is 1080. The average molecular weight is 472 g/mol. The van der Waals surface area contributed by atoms with E-state index in [0.717, 1.165) is 44.0 Å². The average Bonchev–Trinajstić information content (AvgIpc) is 3.61. The second-order valence-electron chi connectivity index (χ2n) is 9.24. The number of benzene rings is 2. The molecular formula is C25H33N3O4S. The van der Waals surface area contributed by atoms with Gasteiger partial charge in [0.2, 0.25) is 10.0 Å². The van der Waals surface area contributed by atoms with E-state index in [1.165, 1.54) is 37.6 Å². The molecule has 0 bridgehead atoms. The van der Waals surface area contributed by atoms with Crippen molar-refractivity contribution in [3.8, 4) is 5.75 Å². The van der Waals surface area contributed by atoms with Gasteiger partial charge in [-0.1, -0.05) is 31.2 Å². The van der Waals surface area contributed by atoms with Gasteiger partial charge in [0.15, 0.2) is 0 Å². The Balaban J connectivity index is 1.37. The highest BCUT2D eigenvalue weighted by atomic mass is 32.2. The summed E-state index contributed by atoms with van der Waals surface area (Å²) in [6.07, 6.45) is 4.24. The molecule has 1 saturated heterocycles. The molecule has 1 atom stereocenters. The minimum atomic E-state index is -3.74. The first-order chi connectivity index (χ1) is 15.8. The summed E-state index contributed by atoms with van der Waals surface area (Å²) in [7, 11) is -2.33. The summed E-state index contributed by atoms with van der Waals surface area (Å²) in [5.74, 6) is 0.650. The zero-order valence-electron chi connectivity index (χ0n) is 19.3. The fourth-order valence-corrected chi connectivity index (χ4v) is 5.75.